The van der Waals surface area contributed by atoms with Crippen molar-refractivity contribution >= 4 is 38.6 Å². The Balaban J connectivity index is 2.22. The number of rotatable bonds is 3. The van der Waals surface area contributed by atoms with Crippen molar-refractivity contribution in [1.29, 1.82) is 0 Å². The number of halogens is 1. The fourth-order valence-corrected chi connectivity index (χ4v) is 4.52. The molecule has 0 N–H and O–H groups in total. The van der Waals surface area contributed by atoms with Crippen LogP contribution in [-0.2, 0) is 0 Å². The molecule has 4 aromatic rings. The minimum Gasteiger partial charge on any atom is -0.303 e. The molecule has 0 unspecified atom stereocenters. The summed E-state index contributed by atoms with van der Waals surface area (Å²) in [7, 11) is 0. The van der Waals surface area contributed by atoms with E-state index in [1.807, 2.05) is 73.0 Å². The molecule has 26 heavy (non-hydrogen) atoms. The van der Waals surface area contributed by atoms with Crippen LogP contribution in [0.15, 0.2) is 93.2 Å². The van der Waals surface area contributed by atoms with E-state index in [0.29, 0.717) is 0 Å². The predicted molar refractivity (Wildman–Crippen MR) is 114 cm³/mol. The Labute approximate surface area is 164 Å². The second-order valence-corrected chi connectivity index (χ2v) is 7.53. The molecule has 128 valence electrons. The molecule has 0 amide bonds. The summed E-state index contributed by atoms with van der Waals surface area (Å²) in [5, 5.41) is 1.66. The average molecular weight is 422 g/mol. The zero-order chi connectivity index (χ0) is 18.1. The van der Waals surface area contributed by atoms with Gasteiger partial charge in [0, 0.05) is 21.1 Å². The van der Waals surface area contributed by atoms with Gasteiger partial charge in [-0.25, -0.2) is 0 Å². The highest BCUT2D eigenvalue weighted by Gasteiger charge is 2.20. The summed E-state index contributed by atoms with van der Waals surface area (Å²) < 4.78 is 3.10. The van der Waals surface area contributed by atoms with Gasteiger partial charge in [-0.15, -0.1) is 11.8 Å². The summed E-state index contributed by atoms with van der Waals surface area (Å²) in [4.78, 5) is 13.4. The van der Waals surface area contributed by atoms with Gasteiger partial charge in [0.05, 0.1) is 16.1 Å². The van der Waals surface area contributed by atoms with E-state index in [1.165, 1.54) is 0 Å². The van der Waals surface area contributed by atoms with Crippen LogP contribution in [0.4, 0.5) is 0 Å². The van der Waals surface area contributed by atoms with Crippen LogP contribution in [0.25, 0.3) is 27.7 Å². The second kappa shape index (κ2) is 7.14. The minimum absolute atomic E-state index is 0.0593. The van der Waals surface area contributed by atoms with E-state index in [9.17, 15) is 4.79 Å². The molecule has 0 aliphatic carbocycles. The van der Waals surface area contributed by atoms with E-state index in [2.05, 4.69) is 32.6 Å². The Morgan fingerprint density at radius 1 is 0.846 bits per heavy atom. The van der Waals surface area contributed by atoms with E-state index in [4.69, 9.17) is 0 Å². The quantitative estimate of drug-likeness (QED) is 0.370. The Morgan fingerprint density at radius 3 is 2.23 bits per heavy atom. The molecule has 0 bridgehead atoms. The van der Waals surface area contributed by atoms with Gasteiger partial charge in [0.1, 0.15) is 0 Å². The summed E-state index contributed by atoms with van der Waals surface area (Å²) in [5.74, 6) is 0. The SMILES string of the molecule is CSc1c(-c2ccccc2Br)c(=O)c2ccccc2n1-c1ccccc1. The molecule has 0 saturated heterocycles. The third-order valence-electron chi connectivity index (χ3n) is 4.38. The Bertz CT molecular complexity index is 1150. The second-order valence-electron chi connectivity index (χ2n) is 5.88. The van der Waals surface area contributed by atoms with Crippen molar-refractivity contribution < 1.29 is 0 Å². The van der Waals surface area contributed by atoms with Gasteiger partial charge in [0.25, 0.3) is 0 Å². The number of fused-ring (bicyclic) bond motifs is 1. The molecule has 0 saturated carbocycles. The van der Waals surface area contributed by atoms with Gasteiger partial charge in [0.15, 0.2) is 5.43 Å². The van der Waals surface area contributed by atoms with Crippen LogP contribution in [0.3, 0.4) is 0 Å². The zero-order valence-electron chi connectivity index (χ0n) is 14.1. The zero-order valence-corrected chi connectivity index (χ0v) is 16.5. The first kappa shape index (κ1) is 17.1. The monoisotopic (exact) mass is 421 g/mol. The molecule has 0 aliphatic heterocycles. The minimum atomic E-state index is 0.0593. The highest BCUT2D eigenvalue weighted by atomic mass is 79.9. The third kappa shape index (κ3) is 2.79. The molecule has 0 atom stereocenters. The number of thioether (sulfide) groups is 1. The van der Waals surface area contributed by atoms with E-state index >= 15 is 0 Å². The smallest absolute Gasteiger partial charge is 0.198 e. The van der Waals surface area contributed by atoms with Crippen LogP contribution in [0.1, 0.15) is 0 Å². The first-order valence-electron chi connectivity index (χ1n) is 8.24. The van der Waals surface area contributed by atoms with E-state index < -0.39 is 0 Å². The van der Waals surface area contributed by atoms with Gasteiger partial charge in [0.2, 0.25) is 0 Å². The van der Waals surface area contributed by atoms with Crippen LogP contribution in [-0.4, -0.2) is 10.8 Å². The molecule has 0 fully saturated rings. The van der Waals surface area contributed by atoms with Gasteiger partial charge in [-0.2, -0.15) is 0 Å². The first-order chi connectivity index (χ1) is 12.7. The number of hydrogen-bond acceptors (Lipinski definition) is 2. The molecule has 2 nitrogen and oxygen atoms in total. The third-order valence-corrected chi connectivity index (χ3v) is 5.85. The van der Waals surface area contributed by atoms with Crippen LogP contribution in [0.5, 0.6) is 0 Å². The van der Waals surface area contributed by atoms with Crippen molar-refractivity contribution in [2.75, 3.05) is 6.26 Å². The van der Waals surface area contributed by atoms with Crippen molar-refractivity contribution in [3.63, 3.8) is 0 Å². The van der Waals surface area contributed by atoms with Gasteiger partial charge in [-0.3, -0.25) is 4.79 Å². The maximum Gasteiger partial charge on any atom is 0.198 e. The maximum atomic E-state index is 13.4. The number of pyridine rings is 1. The van der Waals surface area contributed by atoms with Crippen LogP contribution < -0.4 is 5.43 Å². The van der Waals surface area contributed by atoms with Crippen molar-refractivity contribution in [3.05, 3.63) is 93.6 Å². The Morgan fingerprint density at radius 2 is 1.50 bits per heavy atom. The molecule has 4 heteroatoms. The van der Waals surface area contributed by atoms with Crippen LogP contribution in [0.2, 0.25) is 0 Å². The van der Waals surface area contributed by atoms with Gasteiger partial charge in [-0.1, -0.05) is 64.5 Å². The van der Waals surface area contributed by atoms with Gasteiger partial charge >= 0.3 is 0 Å². The average Bonchev–Trinajstić information content (AvgIpc) is 2.69. The van der Waals surface area contributed by atoms with E-state index in [-0.39, 0.29) is 5.43 Å². The largest absolute Gasteiger partial charge is 0.303 e. The fraction of sp³-hybridized carbons (Fsp3) is 0.0455. The molecular weight excluding hydrogens is 406 g/mol. The molecule has 3 aromatic carbocycles. The van der Waals surface area contributed by atoms with Gasteiger partial charge in [-0.05, 0) is 36.6 Å². The summed E-state index contributed by atoms with van der Waals surface area (Å²) in [6.45, 7) is 0. The molecular formula is C22H16BrNOS. The highest BCUT2D eigenvalue weighted by molar-refractivity contribution is 9.10. The van der Waals surface area contributed by atoms with Crippen molar-refractivity contribution in [2.24, 2.45) is 0 Å². The summed E-state index contributed by atoms with van der Waals surface area (Å²) >= 11 is 5.21. The highest BCUT2D eigenvalue weighted by Crippen LogP contribution is 2.36. The van der Waals surface area contributed by atoms with E-state index in [1.54, 1.807) is 11.8 Å². The molecule has 0 radical (unpaired) electrons. The standard InChI is InChI=1S/C22H16BrNOS/c1-26-22-20(16-11-5-7-13-18(16)23)21(25)17-12-6-8-14-19(17)24(22)15-9-3-2-4-10-15/h2-14H,1H3. The molecule has 1 aromatic heterocycles. The number of nitrogens with zero attached hydrogens (tertiary/aromatic N) is 1. The topological polar surface area (TPSA) is 22.0 Å². The summed E-state index contributed by atoms with van der Waals surface area (Å²) in [5.41, 5.74) is 3.67. The lowest BCUT2D eigenvalue weighted by Crippen LogP contribution is -2.14. The lowest BCUT2D eigenvalue weighted by Gasteiger charge is -2.20. The molecule has 0 spiro atoms. The Hall–Kier alpha value is -2.30. The number of benzene rings is 3. The lowest BCUT2D eigenvalue weighted by molar-refractivity contribution is 0.966. The van der Waals surface area contributed by atoms with Crippen molar-refractivity contribution in [2.45, 2.75) is 5.03 Å². The molecule has 1 heterocycles. The first-order valence-corrected chi connectivity index (χ1v) is 10.3. The van der Waals surface area contributed by atoms with Crippen LogP contribution in [0, 0.1) is 0 Å². The fourth-order valence-electron chi connectivity index (χ4n) is 3.24. The number of para-hydroxylation sites is 2. The predicted octanol–water partition coefficient (Wildman–Crippen LogP) is 6.14. The normalized spacial score (nSPS) is 11.0. The van der Waals surface area contributed by atoms with Gasteiger partial charge < -0.3 is 4.57 Å². The van der Waals surface area contributed by atoms with Crippen molar-refractivity contribution in [3.8, 4) is 16.8 Å². The number of aromatic nitrogens is 1. The van der Waals surface area contributed by atoms with E-state index in [0.717, 1.165) is 37.2 Å². The maximum absolute atomic E-state index is 13.4. The summed E-state index contributed by atoms with van der Waals surface area (Å²) in [6.07, 6.45) is 2.02. The summed E-state index contributed by atoms with van der Waals surface area (Å²) in [6, 6.07) is 25.9. The Kier molecular flexibility index (Phi) is 4.70. The molecule has 0 aliphatic rings. The lowest BCUT2D eigenvalue weighted by atomic mass is 10.0. The van der Waals surface area contributed by atoms with Crippen LogP contribution >= 0.6 is 27.7 Å². The number of hydrogen-bond donors (Lipinski definition) is 0. The molecule has 4 rings (SSSR count). The van der Waals surface area contributed by atoms with Crippen molar-refractivity contribution in [1.82, 2.24) is 4.57 Å².